The van der Waals surface area contributed by atoms with E-state index in [0.717, 1.165) is 12.2 Å². The first-order chi connectivity index (χ1) is 8.92. The van der Waals surface area contributed by atoms with Gasteiger partial charge in [0.05, 0.1) is 23.0 Å². The van der Waals surface area contributed by atoms with Crippen LogP contribution in [0.3, 0.4) is 0 Å². The molecule has 0 saturated carbocycles. The normalized spacial score (nSPS) is 15.5. The Morgan fingerprint density at radius 3 is 2.89 bits per heavy atom. The molecule has 1 N–H and O–H groups in total. The van der Waals surface area contributed by atoms with Crippen molar-refractivity contribution in [1.29, 1.82) is 0 Å². The molecule has 7 heteroatoms. The third-order valence-electron chi connectivity index (χ3n) is 3.40. The van der Waals surface area contributed by atoms with Crippen molar-refractivity contribution >= 4 is 9.84 Å². The van der Waals surface area contributed by atoms with E-state index < -0.39 is 15.1 Å². The van der Waals surface area contributed by atoms with Crippen molar-refractivity contribution in [3.63, 3.8) is 0 Å². The highest BCUT2D eigenvalue weighted by atomic mass is 32.2. The lowest BCUT2D eigenvalue weighted by atomic mass is 10.1. The number of nitrogens with zero attached hydrogens (tertiary/aromatic N) is 2. The topological polar surface area (TPSA) is 81.1 Å². The molecule has 0 fully saturated rings. The zero-order valence-electron chi connectivity index (χ0n) is 11.2. The van der Waals surface area contributed by atoms with E-state index in [-0.39, 0.29) is 17.9 Å². The summed E-state index contributed by atoms with van der Waals surface area (Å²) in [5, 5.41) is 2.73. The summed E-state index contributed by atoms with van der Waals surface area (Å²) in [6.45, 7) is 4.84. The molecule has 0 aromatic carbocycles. The van der Waals surface area contributed by atoms with Gasteiger partial charge >= 0.3 is 0 Å². The van der Waals surface area contributed by atoms with E-state index in [9.17, 15) is 13.2 Å². The van der Waals surface area contributed by atoms with E-state index in [1.54, 1.807) is 13.8 Å². The summed E-state index contributed by atoms with van der Waals surface area (Å²) in [4.78, 5) is 16.4. The highest BCUT2D eigenvalue weighted by Crippen LogP contribution is 2.06. The van der Waals surface area contributed by atoms with Crippen LogP contribution in [0.5, 0.6) is 0 Å². The highest BCUT2D eigenvalue weighted by molar-refractivity contribution is 7.91. The van der Waals surface area contributed by atoms with E-state index in [4.69, 9.17) is 0 Å². The molecule has 0 radical (unpaired) electrons. The first kappa shape index (κ1) is 14.2. The summed E-state index contributed by atoms with van der Waals surface area (Å²) in [6, 6.07) is 0. The van der Waals surface area contributed by atoms with Crippen LogP contribution in [0.1, 0.15) is 25.1 Å². The number of fused-ring (bicyclic) bond motifs is 1. The third kappa shape index (κ3) is 3.03. The van der Waals surface area contributed by atoms with Crippen LogP contribution in [-0.2, 0) is 29.3 Å². The van der Waals surface area contributed by atoms with Crippen molar-refractivity contribution in [1.82, 2.24) is 14.9 Å². The van der Waals surface area contributed by atoms with Gasteiger partial charge in [-0.1, -0.05) is 0 Å². The predicted molar refractivity (Wildman–Crippen MR) is 72.8 cm³/mol. The quantitative estimate of drug-likeness (QED) is 0.822. The molecule has 1 aliphatic heterocycles. The van der Waals surface area contributed by atoms with Gasteiger partial charge in [-0.3, -0.25) is 9.36 Å². The maximum absolute atomic E-state index is 12.2. The molecular formula is C12H19N3O3S. The molecule has 106 valence electrons. The lowest BCUT2D eigenvalue weighted by Crippen LogP contribution is -2.35. The lowest BCUT2D eigenvalue weighted by molar-refractivity contribution is 0.569. The standard InChI is InChI=1S/C12H19N3O3S/c1-9(2)19(17,18)6-5-15-8-14-11-7-13-4-3-10(11)12(15)16/h8-9,13H,3-7H2,1-2H3. The number of hydrogen-bond donors (Lipinski definition) is 1. The Hall–Kier alpha value is -1.21. The van der Waals surface area contributed by atoms with Crippen LogP contribution >= 0.6 is 0 Å². The fourth-order valence-corrected chi connectivity index (χ4v) is 2.93. The third-order valence-corrected chi connectivity index (χ3v) is 5.59. The molecule has 0 spiro atoms. The number of aromatic nitrogens is 2. The molecule has 0 amide bonds. The monoisotopic (exact) mass is 285 g/mol. The largest absolute Gasteiger partial charge is 0.311 e. The summed E-state index contributed by atoms with van der Waals surface area (Å²) in [5.74, 6) is -0.0245. The summed E-state index contributed by atoms with van der Waals surface area (Å²) < 4.78 is 24.9. The highest BCUT2D eigenvalue weighted by Gasteiger charge is 2.18. The number of sulfone groups is 1. The van der Waals surface area contributed by atoms with Crippen molar-refractivity contribution in [2.24, 2.45) is 0 Å². The van der Waals surface area contributed by atoms with Gasteiger partial charge in [0, 0.05) is 18.7 Å². The molecule has 2 heterocycles. The Morgan fingerprint density at radius 2 is 2.21 bits per heavy atom. The lowest BCUT2D eigenvalue weighted by Gasteiger charge is -2.17. The first-order valence-corrected chi connectivity index (χ1v) is 8.13. The summed E-state index contributed by atoms with van der Waals surface area (Å²) >= 11 is 0. The minimum absolute atomic E-state index is 0.0245. The Bertz CT molecular complexity index is 620. The Morgan fingerprint density at radius 1 is 1.47 bits per heavy atom. The van der Waals surface area contributed by atoms with Gasteiger partial charge in [-0.25, -0.2) is 13.4 Å². The number of rotatable bonds is 4. The number of nitrogens with one attached hydrogen (secondary N) is 1. The second-order valence-corrected chi connectivity index (χ2v) is 7.69. The van der Waals surface area contributed by atoms with E-state index >= 15 is 0 Å². The SMILES string of the molecule is CC(C)S(=O)(=O)CCn1cnc2c(c1=O)CCNC2. The van der Waals surface area contributed by atoms with Crippen LogP contribution in [0, 0.1) is 0 Å². The van der Waals surface area contributed by atoms with Gasteiger partial charge in [0.25, 0.3) is 5.56 Å². The molecule has 0 bridgehead atoms. The molecular weight excluding hydrogens is 266 g/mol. The fourth-order valence-electron chi connectivity index (χ4n) is 2.01. The molecule has 1 aromatic heterocycles. The molecule has 19 heavy (non-hydrogen) atoms. The zero-order valence-corrected chi connectivity index (χ0v) is 12.0. The zero-order chi connectivity index (χ0) is 14.0. The average Bonchev–Trinajstić information content (AvgIpc) is 2.38. The summed E-state index contributed by atoms with van der Waals surface area (Å²) in [6.07, 6.45) is 2.10. The average molecular weight is 285 g/mol. The molecule has 0 aliphatic carbocycles. The van der Waals surface area contributed by atoms with Gasteiger partial charge in [0.1, 0.15) is 0 Å². The van der Waals surface area contributed by atoms with Crippen LogP contribution in [0.25, 0.3) is 0 Å². The Kier molecular flexibility index (Phi) is 4.05. The second kappa shape index (κ2) is 5.42. The first-order valence-electron chi connectivity index (χ1n) is 6.41. The van der Waals surface area contributed by atoms with Gasteiger partial charge in [-0.05, 0) is 26.8 Å². The van der Waals surface area contributed by atoms with Gasteiger partial charge in [-0.2, -0.15) is 0 Å². The van der Waals surface area contributed by atoms with Gasteiger partial charge < -0.3 is 5.32 Å². The molecule has 0 unspecified atom stereocenters. The van der Waals surface area contributed by atoms with Crippen LogP contribution in [0.15, 0.2) is 11.1 Å². The smallest absolute Gasteiger partial charge is 0.256 e. The molecule has 0 atom stereocenters. The Labute approximate surface area is 112 Å². The van der Waals surface area contributed by atoms with Crippen LogP contribution in [0.2, 0.25) is 0 Å². The van der Waals surface area contributed by atoms with Gasteiger partial charge in [-0.15, -0.1) is 0 Å². The van der Waals surface area contributed by atoms with Gasteiger partial charge in [0.15, 0.2) is 9.84 Å². The molecule has 1 aromatic rings. The van der Waals surface area contributed by atoms with Crippen molar-refractivity contribution in [2.75, 3.05) is 12.3 Å². The maximum Gasteiger partial charge on any atom is 0.256 e. The maximum atomic E-state index is 12.2. The van der Waals surface area contributed by atoms with Crippen LogP contribution in [0.4, 0.5) is 0 Å². The van der Waals surface area contributed by atoms with Crippen LogP contribution < -0.4 is 10.9 Å². The predicted octanol–water partition coefficient (Wildman–Crippen LogP) is -0.288. The number of hydrogen-bond acceptors (Lipinski definition) is 5. The number of aryl methyl sites for hydroxylation is 1. The Balaban J connectivity index is 2.21. The molecule has 1 aliphatic rings. The van der Waals surface area contributed by atoms with Crippen molar-refractivity contribution in [2.45, 2.75) is 38.6 Å². The fraction of sp³-hybridized carbons (Fsp3) is 0.667. The minimum Gasteiger partial charge on any atom is -0.311 e. The van der Waals surface area contributed by atoms with E-state index in [1.807, 2.05) is 0 Å². The molecule has 6 nitrogen and oxygen atoms in total. The second-order valence-electron chi connectivity index (χ2n) is 5.01. The van der Waals surface area contributed by atoms with E-state index in [2.05, 4.69) is 10.3 Å². The molecule has 0 saturated heterocycles. The summed E-state index contributed by atoms with van der Waals surface area (Å²) in [5.41, 5.74) is 1.38. The van der Waals surface area contributed by atoms with E-state index in [1.165, 1.54) is 10.9 Å². The van der Waals surface area contributed by atoms with Crippen LogP contribution in [-0.4, -0.2) is 35.5 Å². The van der Waals surface area contributed by atoms with Gasteiger partial charge in [0.2, 0.25) is 0 Å². The van der Waals surface area contributed by atoms with E-state index in [0.29, 0.717) is 18.5 Å². The van der Waals surface area contributed by atoms with Crippen molar-refractivity contribution in [3.05, 3.63) is 27.9 Å². The minimum atomic E-state index is -3.13. The van der Waals surface area contributed by atoms with Crippen molar-refractivity contribution in [3.8, 4) is 0 Å². The summed E-state index contributed by atoms with van der Waals surface area (Å²) in [7, 11) is -3.13. The molecule has 2 rings (SSSR count). The van der Waals surface area contributed by atoms with Crippen molar-refractivity contribution < 1.29 is 8.42 Å².